The third kappa shape index (κ3) is 5.73. The molecule has 1 unspecified atom stereocenters. The number of benzene rings is 2. The van der Waals surface area contributed by atoms with Crippen molar-refractivity contribution < 1.29 is 22.9 Å². The van der Waals surface area contributed by atoms with Gasteiger partial charge < -0.3 is 15.4 Å². The predicted molar refractivity (Wildman–Crippen MR) is 125 cm³/mol. The van der Waals surface area contributed by atoms with Crippen molar-refractivity contribution >= 4 is 44.6 Å². The number of hydrogen-bond donors (Lipinski definition) is 2. The number of nitrogens with one attached hydrogen (secondary N) is 2. The molecular weight excluding hydrogens is 472 g/mol. The highest BCUT2D eigenvalue weighted by atomic mass is 35.5. The first kappa shape index (κ1) is 24.7. The molecule has 1 atom stereocenters. The molecule has 12 heteroatoms. The number of non-ortho nitro benzene ring substituents is 1. The molecule has 10 nitrogen and oxygen atoms in total. The highest BCUT2D eigenvalue weighted by molar-refractivity contribution is 7.89. The molecule has 178 valence electrons. The minimum atomic E-state index is -3.76. The third-order valence-electron chi connectivity index (χ3n) is 5.29. The second kappa shape index (κ2) is 10.4. The van der Waals surface area contributed by atoms with Gasteiger partial charge in [0.05, 0.1) is 22.7 Å². The Balaban J connectivity index is 1.79. The minimum absolute atomic E-state index is 0.0197. The first-order valence-corrected chi connectivity index (χ1v) is 12.1. The summed E-state index contributed by atoms with van der Waals surface area (Å²) in [6, 6.07) is 7.51. The summed E-state index contributed by atoms with van der Waals surface area (Å²) < 4.78 is 33.1. The van der Waals surface area contributed by atoms with Gasteiger partial charge in [0, 0.05) is 30.9 Å². The van der Waals surface area contributed by atoms with Crippen molar-refractivity contribution in [2.75, 3.05) is 30.8 Å². The van der Waals surface area contributed by atoms with Gasteiger partial charge in [-0.1, -0.05) is 18.0 Å². The van der Waals surface area contributed by atoms with Gasteiger partial charge in [0.15, 0.2) is 0 Å². The molecule has 0 aliphatic carbocycles. The zero-order valence-electron chi connectivity index (χ0n) is 18.2. The topological polar surface area (TPSA) is 131 Å². The molecule has 2 N–H and O–H groups in total. The lowest BCUT2D eigenvalue weighted by atomic mass is 10.2. The van der Waals surface area contributed by atoms with Crippen molar-refractivity contribution in [3.05, 3.63) is 51.5 Å². The number of halogens is 1. The molecule has 3 rings (SSSR count). The standard InChI is InChI=1S/C21H25ClN4O6S/c1-14(21(27)24-18-13-16(26(28)29)7-8-17(18)22)23-15-6-9-19(32-2)20(12-15)33(30,31)25-10-4-3-5-11-25/h6-9,12-14,23H,3-5,10-11H2,1-2H3,(H,24,27). The van der Waals surface area contributed by atoms with E-state index >= 15 is 0 Å². The normalized spacial score (nSPS) is 15.5. The Morgan fingerprint density at radius 1 is 1.18 bits per heavy atom. The number of hydrogen-bond acceptors (Lipinski definition) is 7. The third-order valence-corrected chi connectivity index (χ3v) is 7.54. The molecule has 33 heavy (non-hydrogen) atoms. The van der Waals surface area contributed by atoms with Crippen LogP contribution >= 0.6 is 11.6 Å². The number of nitro benzene ring substituents is 1. The van der Waals surface area contributed by atoms with Crippen molar-refractivity contribution in [3.63, 3.8) is 0 Å². The highest BCUT2D eigenvalue weighted by Crippen LogP contribution is 2.32. The molecule has 0 radical (unpaired) electrons. The first-order valence-electron chi connectivity index (χ1n) is 10.3. The van der Waals surface area contributed by atoms with Crippen LogP contribution < -0.4 is 15.4 Å². The van der Waals surface area contributed by atoms with Gasteiger partial charge >= 0.3 is 0 Å². The van der Waals surface area contributed by atoms with Crippen LogP contribution in [0.5, 0.6) is 5.75 Å². The van der Waals surface area contributed by atoms with Crippen LogP contribution in [0.25, 0.3) is 0 Å². The van der Waals surface area contributed by atoms with Crippen molar-refractivity contribution in [2.45, 2.75) is 37.1 Å². The molecule has 1 aliphatic heterocycles. The fraction of sp³-hybridized carbons (Fsp3) is 0.381. The number of nitro groups is 1. The van der Waals surface area contributed by atoms with Gasteiger partial charge in [0.25, 0.3) is 5.69 Å². The van der Waals surface area contributed by atoms with E-state index in [1.165, 1.54) is 41.7 Å². The van der Waals surface area contributed by atoms with Gasteiger partial charge in [0.2, 0.25) is 15.9 Å². The van der Waals surface area contributed by atoms with Crippen molar-refractivity contribution in [2.24, 2.45) is 0 Å². The molecular formula is C21H25ClN4O6S. The molecule has 1 saturated heterocycles. The monoisotopic (exact) mass is 496 g/mol. The number of anilines is 2. The summed E-state index contributed by atoms with van der Waals surface area (Å²) in [6.45, 7) is 2.47. The smallest absolute Gasteiger partial charge is 0.271 e. The second-order valence-electron chi connectivity index (χ2n) is 7.61. The van der Waals surface area contributed by atoms with Gasteiger partial charge in [-0.3, -0.25) is 14.9 Å². The van der Waals surface area contributed by atoms with E-state index in [1.54, 1.807) is 13.0 Å². The minimum Gasteiger partial charge on any atom is -0.495 e. The lowest BCUT2D eigenvalue weighted by Gasteiger charge is -2.27. The molecule has 1 amide bonds. The molecule has 2 aromatic rings. The molecule has 1 heterocycles. The Morgan fingerprint density at radius 3 is 2.52 bits per heavy atom. The Bertz CT molecular complexity index is 1150. The first-order chi connectivity index (χ1) is 15.6. The van der Waals surface area contributed by atoms with Crippen molar-refractivity contribution in [3.8, 4) is 5.75 Å². The number of ether oxygens (including phenoxy) is 1. The van der Waals surface area contributed by atoms with E-state index in [9.17, 15) is 23.3 Å². The van der Waals surface area contributed by atoms with Gasteiger partial charge in [-0.05, 0) is 44.0 Å². The van der Waals surface area contributed by atoms with E-state index < -0.39 is 26.9 Å². The maximum atomic E-state index is 13.2. The van der Waals surface area contributed by atoms with Crippen LogP contribution in [0.3, 0.4) is 0 Å². The van der Waals surface area contributed by atoms with Gasteiger partial charge in [-0.15, -0.1) is 0 Å². The molecule has 1 fully saturated rings. The largest absolute Gasteiger partial charge is 0.495 e. The zero-order valence-corrected chi connectivity index (χ0v) is 19.8. The fourth-order valence-electron chi connectivity index (χ4n) is 3.49. The van der Waals surface area contributed by atoms with Gasteiger partial charge in [-0.25, -0.2) is 8.42 Å². The quantitative estimate of drug-likeness (QED) is 0.419. The van der Waals surface area contributed by atoms with E-state index in [-0.39, 0.29) is 27.0 Å². The fourth-order valence-corrected chi connectivity index (χ4v) is 5.35. The van der Waals surface area contributed by atoms with E-state index in [0.29, 0.717) is 18.8 Å². The average Bonchev–Trinajstić information content (AvgIpc) is 2.80. The summed E-state index contributed by atoms with van der Waals surface area (Å²) >= 11 is 6.05. The molecule has 0 aromatic heterocycles. The van der Waals surface area contributed by atoms with Crippen LogP contribution in [0, 0.1) is 10.1 Å². The van der Waals surface area contributed by atoms with Crippen LogP contribution in [-0.2, 0) is 14.8 Å². The Kier molecular flexibility index (Phi) is 7.77. The number of carbonyl (C=O) groups is 1. The number of methoxy groups -OCH3 is 1. The van der Waals surface area contributed by atoms with Crippen LogP contribution in [0.1, 0.15) is 26.2 Å². The van der Waals surface area contributed by atoms with Crippen molar-refractivity contribution in [1.29, 1.82) is 0 Å². The lowest BCUT2D eigenvalue weighted by Crippen LogP contribution is -2.36. The summed E-state index contributed by atoms with van der Waals surface area (Å²) in [7, 11) is -2.36. The summed E-state index contributed by atoms with van der Waals surface area (Å²) in [5, 5.41) is 16.6. The van der Waals surface area contributed by atoms with Crippen LogP contribution in [0.2, 0.25) is 5.02 Å². The Hall–Kier alpha value is -2.89. The predicted octanol–water partition coefficient (Wildman–Crippen LogP) is 3.87. The van der Waals surface area contributed by atoms with Gasteiger partial charge in [-0.2, -0.15) is 4.31 Å². The van der Waals surface area contributed by atoms with Crippen LogP contribution in [0.4, 0.5) is 17.1 Å². The lowest BCUT2D eigenvalue weighted by molar-refractivity contribution is -0.384. The number of rotatable bonds is 8. The molecule has 1 aliphatic rings. The molecule has 0 bridgehead atoms. The highest BCUT2D eigenvalue weighted by Gasteiger charge is 2.29. The summed E-state index contributed by atoms with van der Waals surface area (Å²) in [5.41, 5.74) is 0.296. The Morgan fingerprint density at radius 2 is 1.88 bits per heavy atom. The van der Waals surface area contributed by atoms with Gasteiger partial charge in [0.1, 0.15) is 16.7 Å². The average molecular weight is 497 g/mol. The second-order valence-corrected chi connectivity index (χ2v) is 9.92. The number of sulfonamides is 1. The number of amides is 1. The number of carbonyl (C=O) groups excluding carboxylic acids is 1. The zero-order chi connectivity index (χ0) is 24.2. The number of piperidine rings is 1. The molecule has 0 saturated carbocycles. The SMILES string of the molecule is COc1ccc(NC(C)C(=O)Nc2cc([N+](=O)[O-])ccc2Cl)cc1S(=O)(=O)N1CCCCC1. The number of nitrogens with zero attached hydrogens (tertiary/aromatic N) is 2. The van der Waals surface area contributed by atoms with Crippen LogP contribution in [0.15, 0.2) is 41.3 Å². The van der Waals surface area contributed by atoms with E-state index in [4.69, 9.17) is 16.3 Å². The maximum absolute atomic E-state index is 13.2. The van der Waals surface area contributed by atoms with E-state index in [2.05, 4.69) is 10.6 Å². The van der Waals surface area contributed by atoms with Crippen molar-refractivity contribution in [1.82, 2.24) is 4.31 Å². The summed E-state index contributed by atoms with van der Waals surface area (Å²) in [5.74, 6) is -0.291. The van der Waals surface area contributed by atoms with E-state index in [0.717, 1.165) is 19.3 Å². The van der Waals surface area contributed by atoms with E-state index in [1.807, 2.05) is 0 Å². The summed E-state index contributed by atoms with van der Waals surface area (Å²) in [6.07, 6.45) is 2.60. The van der Waals surface area contributed by atoms with Crippen LogP contribution in [-0.4, -0.2) is 49.8 Å². The Labute approximate surface area is 197 Å². The maximum Gasteiger partial charge on any atom is 0.271 e. The summed E-state index contributed by atoms with van der Waals surface area (Å²) in [4.78, 5) is 23.1. The molecule has 2 aromatic carbocycles. The molecule has 0 spiro atoms.